The SMILES string of the molecule is COC(C)(C)CCNCc1ncc[nH]1. The molecule has 0 amide bonds. The monoisotopic (exact) mass is 197 g/mol. The fraction of sp³-hybridized carbons (Fsp3) is 0.700. The van der Waals surface area contributed by atoms with E-state index in [1.165, 1.54) is 0 Å². The molecule has 80 valence electrons. The molecule has 0 saturated carbocycles. The summed E-state index contributed by atoms with van der Waals surface area (Å²) < 4.78 is 5.31. The Labute approximate surface area is 85.1 Å². The van der Waals surface area contributed by atoms with Gasteiger partial charge in [-0.1, -0.05) is 0 Å². The average molecular weight is 197 g/mol. The van der Waals surface area contributed by atoms with Gasteiger partial charge in [0.1, 0.15) is 5.82 Å². The summed E-state index contributed by atoms with van der Waals surface area (Å²) in [4.78, 5) is 7.16. The minimum absolute atomic E-state index is 0.0455. The first-order valence-corrected chi connectivity index (χ1v) is 4.88. The fourth-order valence-corrected chi connectivity index (χ4v) is 1.09. The minimum Gasteiger partial charge on any atom is -0.379 e. The van der Waals surface area contributed by atoms with Gasteiger partial charge in [-0.05, 0) is 26.8 Å². The molecule has 0 radical (unpaired) electrons. The third-order valence-corrected chi connectivity index (χ3v) is 2.30. The van der Waals surface area contributed by atoms with Gasteiger partial charge in [-0.25, -0.2) is 4.98 Å². The van der Waals surface area contributed by atoms with Crippen molar-refractivity contribution >= 4 is 0 Å². The number of aromatic amines is 1. The molecule has 0 atom stereocenters. The minimum atomic E-state index is -0.0455. The zero-order valence-electron chi connectivity index (χ0n) is 9.13. The summed E-state index contributed by atoms with van der Waals surface area (Å²) in [7, 11) is 1.74. The molecule has 0 saturated heterocycles. The summed E-state index contributed by atoms with van der Waals surface area (Å²) in [5.74, 6) is 0.972. The Morgan fingerprint density at radius 1 is 1.57 bits per heavy atom. The van der Waals surface area contributed by atoms with Gasteiger partial charge in [-0.15, -0.1) is 0 Å². The predicted octanol–water partition coefficient (Wildman–Crippen LogP) is 1.31. The van der Waals surface area contributed by atoms with E-state index in [0.29, 0.717) is 0 Å². The number of hydrogen-bond acceptors (Lipinski definition) is 3. The van der Waals surface area contributed by atoms with Crippen LogP contribution in [0.2, 0.25) is 0 Å². The molecule has 1 rings (SSSR count). The normalized spacial score (nSPS) is 11.9. The maximum absolute atomic E-state index is 5.31. The molecule has 0 spiro atoms. The van der Waals surface area contributed by atoms with Gasteiger partial charge in [0.15, 0.2) is 0 Å². The average Bonchev–Trinajstić information content (AvgIpc) is 2.65. The largest absolute Gasteiger partial charge is 0.379 e. The Kier molecular flexibility index (Phi) is 4.10. The van der Waals surface area contributed by atoms with Crippen LogP contribution in [0.5, 0.6) is 0 Å². The Morgan fingerprint density at radius 2 is 2.36 bits per heavy atom. The number of H-pyrrole nitrogens is 1. The zero-order valence-corrected chi connectivity index (χ0v) is 9.13. The molecule has 4 nitrogen and oxygen atoms in total. The van der Waals surface area contributed by atoms with Gasteiger partial charge in [-0.3, -0.25) is 0 Å². The second kappa shape index (κ2) is 5.12. The maximum atomic E-state index is 5.31. The Balaban J connectivity index is 2.11. The lowest BCUT2D eigenvalue weighted by Crippen LogP contribution is -2.28. The molecule has 0 unspecified atom stereocenters. The van der Waals surface area contributed by atoms with Crippen molar-refractivity contribution in [3.63, 3.8) is 0 Å². The molecule has 0 bridgehead atoms. The van der Waals surface area contributed by atoms with Crippen LogP contribution in [-0.4, -0.2) is 29.2 Å². The topological polar surface area (TPSA) is 49.9 Å². The molecule has 1 aromatic heterocycles. The van der Waals surface area contributed by atoms with Crippen molar-refractivity contribution in [3.05, 3.63) is 18.2 Å². The maximum Gasteiger partial charge on any atom is 0.120 e. The number of hydrogen-bond donors (Lipinski definition) is 2. The smallest absolute Gasteiger partial charge is 0.120 e. The summed E-state index contributed by atoms with van der Waals surface area (Å²) >= 11 is 0. The predicted molar refractivity (Wildman–Crippen MR) is 56.0 cm³/mol. The molecule has 0 aromatic carbocycles. The molecular weight excluding hydrogens is 178 g/mol. The summed E-state index contributed by atoms with van der Waals surface area (Å²) in [5, 5.41) is 3.30. The summed E-state index contributed by atoms with van der Waals surface area (Å²) in [5.41, 5.74) is -0.0455. The highest BCUT2D eigenvalue weighted by Gasteiger charge is 2.14. The molecule has 1 aromatic rings. The van der Waals surface area contributed by atoms with Crippen molar-refractivity contribution < 1.29 is 4.74 Å². The first kappa shape index (κ1) is 11.2. The first-order chi connectivity index (χ1) is 6.64. The van der Waals surface area contributed by atoms with E-state index in [1.54, 1.807) is 13.3 Å². The van der Waals surface area contributed by atoms with Crippen LogP contribution in [0, 0.1) is 0 Å². The second-order valence-corrected chi connectivity index (χ2v) is 3.93. The fourth-order valence-electron chi connectivity index (χ4n) is 1.09. The lowest BCUT2D eigenvalue weighted by molar-refractivity contribution is 0.0158. The summed E-state index contributed by atoms with van der Waals surface area (Å²) in [6, 6.07) is 0. The van der Waals surface area contributed by atoms with Crippen molar-refractivity contribution in [1.29, 1.82) is 0 Å². The molecule has 0 aliphatic carbocycles. The van der Waals surface area contributed by atoms with Crippen molar-refractivity contribution in [3.8, 4) is 0 Å². The zero-order chi connectivity index (χ0) is 10.4. The van der Waals surface area contributed by atoms with E-state index < -0.39 is 0 Å². The van der Waals surface area contributed by atoms with E-state index in [9.17, 15) is 0 Å². The first-order valence-electron chi connectivity index (χ1n) is 4.88. The van der Waals surface area contributed by atoms with Gasteiger partial charge in [-0.2, -0.15) is 0 Å². The van der Waals surface area contributed by atoms with Crippen LogP contribution < -0.4 is 5.32 Å². The van der Waals surface area contributed by atoms with Gasteiger partial charge >= 0.3 is 0 Å². The number of ether oxygens (including phenoxy) is 1. The number of nitrogens with zero attached hydrogens (tertiary/aromatic N) is 1. The highest BCUT2D eigenvalue weighted by atomic mass is 16.5. The van der Waals surface area contributed by atoms with Gasteiger partial charge < -0.3 is 15.0 Å². The van der Waals surface area contributed by atoms with Gasteiger partial charge in [0.05, 0.1) is 12.1 Å². The summed E-state index contributed by atoms with van der Waals surface area (Å²) in [6.07, 6.45) is 4.58. The second-order valence-electron chi connectivity index (χ2n) is 3.93. The van der Waals surface area contributed by atoms with Crippen LogP contribution in [0.15, 0.2) is 12.4 Å². The number of aromatic nitrogens is 2. The van der Waals surface area contributed by atoms with E-state index >= 15 is 0 Å². The number of rotatable bonds is 6. The molecule has 2 N–H and O–H groups in total. The Hall–Kier alpha value is -0.870. The number of nitrogens with one attached hydrogen (secondary N) is 2. The van der Waals surface area contributed by atoms with E-state index in [0.717, 1.165) is 25.3 Å². The van der Waals surface area contributed by atoms with Gasteiger partial charge in [0.25, 0.3) is 0 Å². The molecule has 4 heteroatoms. The quantitative estimate of drug-likeness (QED) is 0.676. The van der Waals surface area contributed by atoms with Crippen LogP contribution in [0.4, 0.5) is 0 Å². The molecule has 1 heterocycles. The van der Waals surface area contributed by atoms with Crippen LogP contribution in [-0.2, 0) is 11.3 Å². The third kappa shape index (κ3) is 3.89. The van der Waals surface area contributed by atoms with E-state index in [-0.39, 0.29) is 5.60 Å². The van der Waals surface area contributed by atoms with Crippen LogP contribution in [0.25, 0.3) is 0 Å². The molecular formula is C10H19N3O. The van der Waals surface area contributed by atoms with Crippen LogP contribution in [0.1, 0.15) is 26.1 Å². The molecule has 0 fully saturated rings. The summed E-state index contributed by atoms with van der Waals surface area (Å²) in [6.45, 7) is 5.89. The van der Waals surface area contributed by atoms with Crippen molar-refractivity contribution in [2.24, 2.45) is 0 Å². The van der Waals surface area contributed by atoms with Crippen molar-refractivity contribution in [1.82, 2.24) is 15.3 Å². The molecule has 14 heavy (non-hydrogen) atoms. The number of methoxy groups -OCH3 is 1. The third-order valence-electron chi connectivity index (χ3n) is 2.30. The van der Waals surface area contributed by atoms with Gasteiger partial charge in [0, 0.05) is 19.5 Å². The Bertz CT molecular complexity index is 244. The van der Waals surface area contributed by atoms with Crippen LogP contribution in [0.3, 0.4) is 0 Å². The standard InChI is InChI=1S/C10H19N3O/c1-10(2,14-3)4-5-11-8-9-12-6-7-13-9/h6-7,11H,4-5,8H2,1-3H3,(H,12,13). The van der Waals surface area contributed by atoms with Crippen LogP contribution >= 0.6 is 0 Å². The van der Waals surface area contributed by atoms with E-state index in [1.807, 2.05) is 6.20 Å². The molecule has 0 aliphatic heterocycles. The lowest BCUT2D eigenvalue weighted by Gasteiger charge is -2.22. The highest BCUT2D eigenvalue weighted by molar-refractivity contribution is 4.86. The number of imidazole rings is 1. The van der Waals surface area contributed by atoms with Gasteiger partial charge in [0.2, 0.25) is 0 Å². The van der Waals surface area contributed by atoms with Crippen molar-refractivity contribution in [2.75, 3.05) is 13.7 Å². The molecule has 0 aliphatic rings. The van der Waals surface area contributed by atoms with Crippen molar-refractivity contribution in [2.45, 2.75) is 32.4 Å². The lowest BCUT2D eigenvalue weighted by atomic mass is 10.1. The van der Waals surface area contributed by atoms with E-state index in [2.05, 4.69) is 29.1 Å². The highest BCUT2D eigenvalue weighted by Crippen LogP contribution is 2.11. The Morgan fingerprint density at radius 3 is 2.93 bits per heavy atom. The van der Waals surface area contributed by atoms with E-state index in [4.69, 9.17) is 4.74 Å².